The summed E-state index contributed by atoms with van der Waals surface area (Å²) in [6.45, 7) is 9.92. The fraction of sp³-hybridized carbons (Fsp3) is 0.643. The number of rotatable bonds is 3. The van der Waals surface area contributed by atoms with Crippen LogP contribution in [0.4, 0.5) is 5.82 Å². The van der Waals surface area contributed by atoms with Gasteiger partial charge in [-0.25, -0.2) is 0 Å². The van der Waals surface area contributed by atoms with Crippen molar-refractivity contribution in [1.29, 1.82) is 5.26 Å². The first-order valence-corrected chi connectivity index (χ1v) is 7.25. The Morgan fingerprint density at radius 1 is 1.30 bits per heavy atom. The predicted molar refractivity (Wildman–Crippen MR) is 76.4 cm³/mol. The van der Waals surface area contributed by atoms with Gasteiger partial charge in [0.05, 0.1) is 11.8 Å². The molecule has 6 nitrogen and oxygen atoms in total. The second-order valence-corrected chi connectivity index (χ2v) is 5.41. The van der Waals surface area contributed by atoms with E-state index < -0.39 is 0 Å². The maximum atomic E-state index is 9.10. The summed E-state index contributed by atoms with van der Waals surface area (Å²) in [6.07, 6.45) is 1.57. The van der Waals surface area contributed by atoms with Crippen molar-refractivity contribution in [3.63, 3.8) is 0 Å². The van der Waals surface area contributed by atoms with Gasteiger partial charge in [0.15, 0.2) is 5.82 Å². The van der Waals surface area contributed by atoms with E-state index in [0.717, 1.165) is 38.5 Å². The van der Waals surface area contributed by atoms with Gasteiger partial charge in [-0.05, 0) is 12.6 Å². The van der Waals surface area contributed by atoms with Crippen LogP contribution in [0.2, 0.25) is 0 Å². The number of nitriles is 1. The highest BCUT2D eigenvalue weighted by Crippen LogP contribution is 2.24. The van der Waals surface area contributed by atoms with Gasteiger partial charge in [-0.15, -0.1) is 5.10 Å². The van der Waals surface area contributed by atoms with Crippen LogP contribution in [-0.2, 0) is 0 Å². The first kappa shape index (κ1) is 13.3. The third-order valence-electron chi connectivity index (χ3n) is 4.35. The molecule has 0 saturated carbocycles. The van der Waals surface area contributed by atoms with Gasteiger partial charge in [0.25, 0.3) is 0 Å². The summed E-state index contributed by atoms with van der Waals surface area (Å²) < 4.78 is 0. The molecule has 2 aliphatic heterocycles. The minimum atomic E-state index is 0.600. The Labute approximate surface area is 119 Å². The molecule has 0 radical (unpaired) electrons. The molecule has 20 heavy (non-hydrogen) atoms. The SMILES string of the molecule is CCN1CCN(C2CN(c3nnccc3C#N)C2)CC1. The van der Waals surface area contributed by atoms with Crippen molar-refractivity contribution in [3.05, 3.63) is 17.8 Å². The fourth-order valence-corrected chi connectivity index (χ4v) is 2.95. The van der Waals surface area contributed by atoms with Gasteiger partial charge in [0.2, 0.25) is 0 Å². The van der Waals surface area contributed by atoms with Gasteiger partial charge >= 0.3 is 0 Å². The Bertz CT molecular complexity index is 497. The minimum absolute atomic E-state index is 0.600. The third-order valence-corrected chi connectivity index (χ3v) is 4.35. The second kappa shape index (κ2) is 5.73. The van der Waals surface area contributed by atoms with Crippen LogP contribution >= 0.6 is 0 Å². The summed E-state index contributed by atoms with van der Waals surface area (Å²) in [5, 5.41) is 17.1. The van der Waals surface area contributed by atoms with Crippen molar-refractivity contribution in [2.24, 2.45) is 0 Å². The van der Waals surface area contributed by atoms with Crippen LogP contribution in [0.25, 0.3) is 0 Å². The molecule has 0 aliphatic carbocycles. The van der Waals surface area contributed by atoms with Crippen LogP contribution in [-0.4, -0.2) is 71.9 Å². The molecule has 1 aromatic heterocycles. The summed E-state index contributed by atoms with van der Waals surface area (Å²) in [5.74, 6) is 0.735. The number of anilines is 1. The maximum absolute atomic E-state index is 9.10. The molecule has 2 aliphatic rings. The van der Waals surface area contributed by atoms with E-state index in [1.165, 1.54) is 13.1 Å². The minimum Gasteiger partial charge on any atom is -0.351 e. The average molecular weight is 272 g/mol. The predicted octanol–water partition coefficient (Wildman–Crippen LogP) is 0.174. The largest absolute Gasteiger partial charge is 0.351 e. The third kappa shape index (κ3) is 2.47. The van der Waals surface area contributed by atoms with Gasteiger partial charge in [-0.3, -0.25) is 4.90 Å². The van der Waals surface area contributed by atoms with Crippen molar-refractivity contribution in [2.45, 2.75) is 13.0 Å². The zero-order valence-electron chi connectivity index (χ0n) is 11.9. The standard InChI is InChI=1S/C14H20N6/c1-2-18-5-7-19(8-6-18)13-10-20(11-13)14-12(9-15)3-4-16-17-14/h3-4,13H,2,5-8,10-11H2,1H3. The van der Waals surface area contributed by atoms with Crippen molar-refractivity contribution in [1.82, 2.24) is 20.0 Å². The Balaban J connectivity index is 1.55. The number of piperazine rings is 1. The van der Waals surface area contributed by atoms with Crippen LogP contribution in [0, 0.1) is 11.3 Å². The fourth-order valence-electron chi connectivity index (χ4n) is 2.95. The monoisotopic (exact) mass is 272 g/mol. The van der Waals surface area contributed by atoms with Gasteiger partial charge in [-0.2, -0.15) is 10.4 Å². The highest BCUT2D eigenvalue weighted by molar-refractivity contribution is 5.54. The van der Waals surface area contributed by atoms with Crippen molar-refractivity contribution in [3.8, 4) is 6.07 Å². The molecule has 1 aromatic rings. The average Bonchev–Trinajstić information content (AvgIpc) is 2.47. The van der Waals surface area contributed by atoms with E-state index in [-0.39, 0.29) is 0 Å². The number of likely N-dealkylation sites (N-methyl/N-ethyl adjacent to an activating group) is 1. The smallest absolute Gasteiger partial charge is 0.169 e. The molecular formula is C14H20N6. The Morgan fingerprint density at radius 3 is 2.70 bits per heavy atom. The van der Waals surface area contributed by atoms with Crippen LogP contribution in [0.15, 0.2) is 12.3 Å². The lowest BCUT2D eigenvalue weighted by atomic mass is 10.1. The molecule has 0 unspecified atom stereocenters. The van der Waals surface area contributed by atoms with Crippen molar-refractivity contribution in [2.75, 3.05) is 50.7 Å². The zero-order chi connectivity index (χ0) is 13.9. The molecule has 0 spiro atoms. The van der Waals surface area contributed by atoms with Crippen LogP contribution in [0.1, 0.15) is 12.5 Å². The molecule has 0 aromatic carbocycles. The van der Waals surface area contributed by atoms with Crippen LogP contribution < -0.4 is 4.90 Å². The Hall–Kier alpha value is -1.71. The summed E-state index contributed by atoms with van der Waals surface area (Å²) in [4.78, 5) is 7.21. The van der Waals surface area contributed by atoms with E-state index >= 15 is 0 Å². The molecule has 2 saturated heterocycles. The topological polar surface area (TPSA) is 59.3 Å². The zero-order valence-corrected chi connectivity index (χ0v) is 11.9. The first-order valence-electron chi connectivity index (χ1n) is 7.25. The quantitative estimate of drug-likeness (QED) is 0.782. The number of hydrogen-bond acceptors (Lipinski definition) is 6. The number of nitrogens with zero attached hydrogens (tertiary/aromatic N) is 6. The highest BCUT2D eigenvalue weighted by atomic mass is 15.4. The van der Waals surface area contributed by atoms with E-state index in [1.54, 1.807) is 12.3 Å². The maximum Gasteiger partial charge on any atom is 0.169 e. The molecule has 3 heterocycles. The van der Waals surface area contributed by atoms with Gasteiger partial charge < -0.3 is 9.80 Å². The lowest BCUT2D eigenvalue weighted by molar-refractivity contribution is 0.0858. The molecule has 2 fully saturated rings. The molecule has 0 bridgehead atoms. The highest BCUT2D eigenvalue weighted by Gasteiger charge is 2.35. The lowest BCUT2D eigenvalue weighted by Gasteiger charge is -2.48. The van der Waals surface area contributed by atoms with E-state index in [2.05, 4.69) is 37.9 Å². The van der Waals surface area contributed by atoms with Crippen LogP contribution in [0.5, 0.6) is 0 Å². The number of hydrogen-bond donors (Lipinski definition) is 0. The van der Waals surface area contributed by atoms with Crippen molar-refractivity contribution < 1.29 is 0 Å². The summed E-state index contributed by atoms with van der Waals surface area (Å²) >= 11 is 0. The molecule has 6 heteroatoms. The summed E-state index contributed by atoms with van der Waals surface area (Å²) in [6, 6.07) is 4.52. The lowest BCUT2D eigenvalue weighted by Crippen LogP contribution is -2.63. The first-order chi connectivity index (χ1) is 9.81. The molecule has 0 amide bonds. The van der Waals surface area contributed by atoms with E-state index in [0.29, 0.717) is 11.6 Å². The number of aromatic nitrogens is 2. The Morgan fingerprint density at radius 2 is 2.05 bits per heavy atom. The van der Waals surface area contributed by atoms with E-state index in [9.17, 15) is 0 Å². The van der Waals surface area contributed by atoms with E-state index in [4.69, 9.17) is 5.26 Å². The van der Waals surface area contributed by atoms with E-state index in [1.807, 2.05) is 0 Å². The van der Waals surface area contributed by atoms with Crippen molar-refractivity contribution >= 4 is 5.82 Å². The molecular weight excluding hydrogens is 252 g/mol. The Kier molecular flexibility index (Phi) is 3.81. The molecule has 0 atom stereocenters. The summed E-state index contributed by atoms with van der Waals surface area (Å²) in [7, 11) is 0. The van der Waals surface area contributed by atoms with Gasteiger partial charge in [0.1, 0.15) is 6.07 Å². The van der Waals surface area contributed by atoms with Gasteiger partial charge in [-0.1, -0.05) is 6.92 Å². The summed E-state index contributed by atoms with van der Waals surface area (Å²) in [5.41, 5.74) is 0.620. The molecule has 0 N–H and O–H groups in total. The van der Waals surface area contributed by atoms with Gasteiger partial charge in [0, 0.05) is 45.3 Å². The normalized spacial score (nSPS) is 21.5. The second-order valence-electron chi connectivity index (χ2n) is 5.41. The molecule has 106 valence electrons. The molecule has 3 rings (SSSR count). The van der Waals surface area contributed by atoms with Crippen LogP contribution in [0.3, 0.4) is 0 Å².